The molecular formula is C11H17N3O3. The van der Waals surface area contributed by atoms with Crippen LogP contribution >= 0.6 is 0 Å². The number of pyridine rings is 1. The Kier molecular flexibility index (Phi) is 4.84. The van der Waals surface area contributed by atoms with Gasteiger partial charge in [-0.3, -0.25) is 10.1 Å². The summed E-state index contributed by atoms with van der Waals surface area (Å²) in [7, 11) is 0. The summed E-state index contributed by atoms with van der Waals surface area (Å²) in [5, 5.41) is 13.8. The van der Waals surface area contributed by atoms with Crippen molar-refractivity contribution in [1.29, 1.82) is 0 Å². The van der Waals surface area contributed by atoms with E-state index in [-0.39, 0.29) is 11.8 Å². The van der Waals surface area contributed by atoms with Gasteiger partial charge >= 0.3 is 5.69 Å². The predicted octanol–water partition coefficient (Wildman–Crippen LogP) is 2.14. The number of anilines is 1. The number of hydrogen-bond donors (Lipinski definition) is 1. The first-order valence-corrected chi connectivity index (χ1v) is 5.51. The second kappa shape index (κ2) is 6.15. The number of aryl methyl sites for hydroxylation is 1. The smallest absolute Gasteiger partial charge is 0.314 e. The van der Waals surface area contributed by atoms with Gasteiger partial charge in [-0.15, -0.1) is 0 Å². The minimum atomic E-state index is -0.421. The molecule has 1 atom stereocenters. The first-order valence-electron chi connectivity index (χ1n) is 5.51. The van der Waals surface area contributed by atoms with Crippen molar-refractivity contribution in [2.45, 2.75) is 26.9 Å². The Balaban J connectivity index is 2.77. The van der Waals surface area contributed by atoms with Crippen LogP contribution in [0.25, 0.3) is 0 Å². The van der Waals surface area contributed by atoms with Crippen LogP contribution in [0.5, 0.6) is 0 Å². The highest BCUT2D eigenvalue weighted by Crippen LogP contribution is 2.25. The summed E-state index contributed by atoms with van der Waals surface area (Å²) in [6.07, 6.45) is 1.54. The lowest BCUT2D eigenvalue weighted by molar-refractivity contribution is -0.384. The van der Waals surface area contributed by atoms with Crippen molar-refractivity contribution < 1.29 is 9.66 Å². The summed E-state index contributed by atoms with van der Waals surface area (Å²) in [4.78, 5) is 14.5. The van der Waals surface area contributed by atoms with Gasteiger partial charge in [0.1, 0.15) is 0 Å². The normalized spacial score (nSPS) is 12.2. The molecule has 17 heavy (non-hydrogen) atoms. The maximum atomic E-state index is 10.9. The van der Waals surface area contributed by atoms with Crippen molar-refractivity contribution in [2.75, 3.05) is 18.5 Å². The standard InChI is InChI=1S/C11H17N3O3/c1-4-17-9(3)7-13-11-10(14(15)16)8(2)5-6-12-11/h5-6,9H,4,7H2,1-3H3,(H,12,13). The molecule has 1 aromatic heterocycles. The topological polar surface area (TPSA) is 77.3 Å². The van der Waals surface area contributed by atoms with Gasteiger partial charge < -0.3 is 10.1 Å². The van der Waals surface area contributed by atoms with Gasteiger partial charge in [0.25, 0.3) is 0 Å². The predicted molar refractivity (Wildman–Crippen MR) is 65.2 cm³/mol. The molecule has 1 heterocycles. The second-order valence-electron chi connectivity index (χ2n) is 3.73. The van der Waals surface area contributed by atoms with E-state index in [0.29, 0.717) is 24.5 Å². The summed E-state index contributed by atoms with van der Waals surface area (Å²) in [5.74, 6) is 0.293. The van der Waals surface area contributed by atoms with Crippen molar-refractivity contribution in [2.24, 2.45) is 0 Å². The molecule has 1 aromatic rings. The molecular weight excluding hydrogens is 222 g/mol. The Morgan fingerprint density at radius 2 is 2.35 bits per heavy atom. The molecule has 0 amide bonds. The summed E-state index contributed by atoms with van der Waals surface area (Å²) in [6.45, 7) is 6.61. The van der Waals surface area contributed by atoms with Gasteiger partial charge in [0.15, 0.2) is 0 Å². The summed E-state index contributed by atoms with van der Waals surface area (Å²) in [5.41, 5.74) is 0.618. The third-order valence-corrected chi connectivity index (χ3v) is 2.32. The Hall–Kier alpha value is -1.69. The first kappa shape index (κ1) is 13.4. The molecule has 0 spiro atoms. The van der Waals surface area contributed by atoms with Crippen LogP contribution in [0, 0.1) is 17.0 Å². The third-order valence-electron chi connectivity index (χ3n) is 2.32. The first-order chi connectivity index (χ1) is 8.06. The Morgan fingerprint density at radius 3 is 2.94 bits per heavy atom. The molecule has 0 aliphatic carbocycles. The van der Waals surface area contributed by atoms with E-state index in [1.54, 1.807) is 19.2 Å². The highest BCUT2D eigenvalue weighted by molar-refractivity contribution is 5.59. The van der Waals surface area contributed by atoms with E-state index in [0.717, 1.165) is 0 Å². The quantitative estimate of drug-likeness (QED) is 0.607. The zero-order valence-corrected chi connectivity index (χ0v) is 10.3. The van der Waals surface area contributed by atoms with E-state index in [4.69, 9.17) is 4.74 Å². The van der Waals surface area contributed by atoms with E-state index in [9.17, 15) is 10.1 Å². The van der Waals surface area contributed by atoms with E-state index >= 15 is 0 Å². The minimum Gasteiger partial charge on any atom is -0.377 e. The maximum absolute atomic E-state index is 10.9. The number of nitro groups is 1. The molecule has 6 nitrogen and oxygen atoms in total. The van der Waals surface area contributed by atoms with Gasteiger partial charge in [-0.25, -0.2) is 4.98 Å². The van der Waals surface area contributed by atoms with Crippen LogP contribution in [0.15, 0.2) is 12.3 Å². The molecule has 0 aromatic carbocycles. The van der Waals surface area contributed by atoms with Gasteiger partial charge in [0.2, 0.25) is 5.82 Å². The van der Waals surface area contributed by atoms with E-state index in [1.807, 2.05) is 13.8 Å². The van der Waals surface area contributed by atoms with Crippen molar-refractivity contribution in [1.82, 2.24) is 4.98 Å². The summed E-state index contributed by atoms with van der Waals surface area (Å²) >= 11 is 0. The van der Waals surface area contributed by atoms with Crippen LogP contribution in [0.1, 0.15) is 19.4 Å². The molecule has 0 radical (unpaired) electrons. The fourth-order valence-electron chi connectivity index (χ4n) is 1.49. The van der Waals surface area contributed by atoms with Crippen LogP contribution in [-0.4, -0.2) is 29.2 Å². The zero-order valence-electron chi connectivity index (χ0n) is 10.3. The molecule has 0 fully saturated rings. The van der Waals surface area contributed by atoms with Crippen LogP contribution in [0.2, 0.25) is 0 Å². The van der Waals surface area contributed by atoms with Crippen molar-refractivity contribution >= 4 is 11.5 Å². The van der Waals surface area contributed by atoms with Gasteiger partial charge in [-0.1, -0.05) is 0 Å². The fourth-order valence-corrected chi connectivity index (χ4v) is 1.49. The molecule has 0 bridgehead atoms. The van der Waals surface area contributed by atoms with Gasteiger partial charge in [0.05, 0.1) is 11.0 Å². The molecule has 1 N–H and O–H groups in total. The van der Waals surface area contributed by atoms with Gasteiger partial charge in [-0.05, 0) is 26.8 Å². The minimum absolute atomic E-state index is 0.0121. The second-order valence-corrected chi connectivity index (χ2v) is 3.73. The van der Waals surface area contributed by atoms with E-state index < -0.39 is 4.92 Å². The van der Waals surface area contributed by atoms with E-state index in [2.05, 4.69) is 10.3 Å². The summed E-state index contributed by atoms with van der Waals surface area (Å²) in [6, 6.07) is 1.62. The van der Waals surface area contributed by atoms with Crippen LogP contribution in [-0.2, 0) is 4.74 Å². The van der Waals surface area contributed by atoms with Gasteiger partial charge in [0, 0.05) is 24.9 Å². The Labute approximate surface area is 100 Å². The molecule has 94 valence electrons. The highest BCUT2D eigenvalue weighted by Gasteiger charge is 2.18. The maximum Gasteiger partial charge on any atom is 0.314 e. The molecule has 1 rings (SSSR count). The molecule has 0 aliphatic heterocycles. The third kappa shape index (κ3) is 3.67. The largest absolute Gasteiger partial charge is 0.377 e. The molecule has 0 saturated carbocycles. The SMILES string of the molecule is CCOC(C)CNc1nccc(C)c1[N+](=O)[O-]. The van der Waals surface area contributed by atoms with Crippen molar-refractivity contribution in [3.05, 3.63) is 27.9 Å². The lowest BCUT2D eigenvalue weighted by atomic mass is 10.2. The molecule has 1 unspecified atom stereocenters. The zero-order chi connectivity index (χ0) is 12.8. The number of aromatic nitrogens is 1. The Bertz CT molecular complexity index is 396. The number of nitrogens with zero attached hydrogens (tertiary/aromatic N) is 2. The number of ether oxygens (including phenoxy) is 1. The van der Waals surface area contributed by atoms with Crippen molar-refractivity contribution in [3.8, 4) is 0 Å². The monoisotopic (exact) mass is 239 g/mol. The molecule has 0 aliphatic rings. The number of nitrogens with one attached hydrogen (secondary N) is 1. The molecule has 6 heteroatoms. The number of rotatable bonds is 6. The van der Waals surface area contributed by atoms with Crippen molar-refractivity contribution in [3.63, 3.8) is 0 Å². The van der Waals surface area contributed by atoms with E-state index in [1.165, 1.54) is 0 Å². The highest BCUT2D eigenvalue weighted by atomic mass is 16.6. The average molecular weight is 239 g/mol. The van der Waals surface area contributed by atoms with Crippen LogP contribution in [0.4, 0.5) is 11.5 Å². The van der Waals surface area contributed by atoms with Crippen LogP contribution in [0.3, 0.4) is 0 Å². The lowest BCUT2D eigenvalue weighted by Gasteiger charge is -2.13. The molecule has 0 saturated heterocycles. The Morgan fingerprint density at radius 1 is 1.65 bits per heavy atom. The van der Waals surface area contributed by atoms with Crippen LogP contribution < -0.4 is 5.32 Å². The van der Waals surface area contributed by atoms with Gasteiger partial charge in [-0.2, -0.15) is 0 Å². The lowest BCUT2D eigenvalue weighted by Crippen LogP contribution is -2.20. The fraction of sp³-hybridized carbons (Fsp3) is 0.545. The average Bonchev–Trinajstić information content (AvgIpc) is 2.26. The number of hydrogen-bond acceptors (Lipinski definition) is 5. The summed E-state index contributed by atoms with van der Waals surface area (Å²) < 4.78 is 5.33.